The fourth-order valence-corrected chi connectivity index (χ4v) is 1.78. The first-order valence-corrected chi connectivity index (χ1v) is 6.79. The lowest BCUT2D eigenvalue weighted by Gasteiger charge is -2.20. The van der Waals surface area contributed by atoms with Crippen molar-refractivity contribution in [3.63, 3.8) is 0 Å². The molecule has 0 saturated carbocycles. The summed E-state index contributed by atoms with van der Waals surface area (Å²) in [5.74, 6) is 1.25. The molecular formula is C14H18N2O3S. The van der Waals surface area contributed by atoms with Gasteiger partial charge in [-0.05, 0) is 24.4 Å². The molecule has 108 valence electrons. The standard InChI is InChI=1S/C14H18N2O3S/c1-14(2,3)12(17)16-13(20)15-9-4-5-10-11(8-9)19-7-6-18-10/h4-5,8H,6-7H2,1-3H3,(H2,15,16,17,20). The van der Waals surface area contributed by atoms with Crippen LogP contribution in [0.25, 0.3) is 0 Å². The largest absolute Gasteiger partial charge is 0.486 e. The van der Waals surface area contributed by atoms with Gasteiger partial charge in [0, 0.05) is 17.2 Å². The SMILES string of the molecule is CC(C)(C)C(=O)NC(=S)Nc1ccc2c(c1)OCCO2. The smallest absolute Gasteiger partial charge is 0.231 e. The number of nitrogens with one attached hydrogen (secondary N) is 2. The summed E-state index contributed by atoms with van der Waals surface area (Å²) < 4.78 is 10.9. The zero-order valence-electron chi connectivity index (χ0n) is 11.8. The van der Waals surface area contributed by atoms with Crippen LogP contribution in [0.4, 0.5) is 5.69 Å². The van der Waals surface area contributed by atoms with E-state index in [1.807, 2.05) is 32.9 Å². The molecule has 1 aromatic rings. The second kappa shape index (κ2) is 5.66. The van der Waals surface area contributed by atoms with E-state index < -0.39 is 5.41 Å². The average molecular weight is 294 g/mol. The van der Waals surface area contributed by atoms with E-state index in [1.165, 1.54) is 0 Å². The van der Waals surface area contributed by atoms with Crippen LogP contribution in [0.15, 0.2) is 18.2 Å². The van der Waals surface area contributed by atoms with Crippen molar-refractivity contribution in [3.05, 3.63) is 18.2 Å². The predicted molar refractivity (Wildman–Crippen MR) is 81.3 cm³/mol. The second-order valence-electron chi connectivity index (χ2n) is 5.52. The van der Waals surface area contributed by atoms with Crippen LogP contribution in [0.5, 0.6) is 11.5 Å². The van der Waals surface area contributed by atoms with E-state index in [2.05, 4.69) is 10.6 Å². The number of ether oxygens (including phenoxy) is 2. The molecular weight excluding hydrogens is 276 g/mol. The van der Waals surface area contributed by atoms with Gasteiger partial charge in [0.2, 0.25) is 5.91 Å². The number of hydrogen-bond acceptors (Lipinski definition) is 4. The van der Waals surface area contributed by atoms with E-state index in [0.29, 0.717) is 24.7 Å². The molecule has 0 aromatic heterocycles. The van der Waals surface area contributed by atoms with Gasteiger partial charge in [-0.15, -0.1) is 0 Å². The molecule has 0 bridgehead atoms. The molecule has 1 aliphatic heterocycles. The van der Waals surface area contributed by atoms with Crippen molar-refractivity contribution in [1.29, 1.82) is 0 Å². The predicted octanol–water partition coefficient (Wildman–Crippen LogP) is 2.32. The Balaban J connectivity index is 2.00. The van der Waals surface area contributed by atoms with Crippen LogP contribution < -0.4 is 20.1 Å². The number of hydrogen-bond donors (Lipinski definition) is 2. The summed E-state index contributed by atoms with van der Waals surface area (Å²) in [5, 5.41) is 5.88. The van der Waals surface area contributed by atoms with Gasteiger partial charge in [-0.25, -0.2) is 0 Å². The molecule has 1 amide bonds. The van der Waals surface area contributed by atoms with Crippen LogP contribution in [0.3, 0.4) is 0 Å². The Morgan fingerprint density at radius 1 is 1.20 bits per heavy atom. The Hall–Kier alpha value is -1.82. The molecule has 1 aliphatic rings. The summed E-state index contributed by atoms with van der Waals surface area (Å²) in [4.78, 5) is 11.8. The fraction of sp³-hybridized carbons (Fsp3) is 0.429. The van der Waals surface area contributed by atoms with E-state index in [-0.39, 0.29) is 11.0 Å². The summed E-state index contributed by atoms with van der Waals surface area (Å²) >= 11 is 5.12. The number of thiocarbonyl (C=S) groups is 1. The van der Waals surface area contributed by atoms with E-state index in [4.69, 9.17) is 21.7 Å². The van der Waals surface area contributed by atoms with E-state index in [0.717, 1.165) is 5.69 Å². The molecule has 0 spiro atoms. The molecule has 5 nitrogen and oxygen atoms in total. The van der Waals surface area contributed by atoms with E-state index in [9.17, 15) is 4.79 Å². The maximum Gasteiger partial charge on any atom is 0.231 e. The summed E-state index contributed by atoms with van der Waals surface area (Å²) in [5.41, 5.74) is 0.256. The molecule has 0 radical (unpaired) electrons. The topological polar surface area (TPSA) is 59.6 Å². The van der Waals surface area contributed by atoms with Crippen molar-refractivity contribution in [1.82, 2.24) is 5.32 Å². The van der Waals surface area contributed by atoms with Crippen LogP contribution in [-0.2, 0) is 4.79 Å². The van der Waals surface area contributed by atoms with Crippen molar-refractivity contribution in [2.75, 3.05) is 18.5 Å². The first kappa shape index (κ1) is 14.6. The molecule has 20 heavy (non-hydrogen) atoms. The number of rotatable bonds is 1. The van der Waals surface area contributed by atoms with Gasteiger partial charge in [-0.1, -0.05) is 20.8 Å². The number of benzene rings is 1. The maximum absolute atomic E-state index is 11.8. The number of anilines is 1. The normalized spacial score (nSPS) is 13.6. The zero-order chi connectivity index (χ0) is 14.8. The van der Waals surface area contributed by atoms with Crippen LogP contribution in [-0.4, -0.2) is 24.2 Å². The third-order valence-corrected chi connectivity index (χ3v) is 2.91. The van der Waals surface area contributed by atoms with Gasteiger partial charge in [0.05, 0.1) is 0 Å². The quantitative estimate of drug-likeness (QED) is 0.778. The summed E-state index contributed by atoms with van der Waals surface area (Å²) in [6, 6.07) is 5.43. The number of amides is 1. The van der Waals surface area contributed by atoms with Gasteiger partial charge in [0.15, 0.2) is 16.6 Å². The van der Waals surface area contributed by atoms with Crippen LogP contribution in [0.1, 0.15) is 20.8 Å². The van der Waals surface area contributed by atoms with Gasteiger partial charge in [0.25, 0.3) is 0 Å². The monoisotopic (exact) mass is 294 g/mol. The minimum absolute atomic E-state index is 0.132. The number of carbonyl (C=O) groups excluding carboxylic acids is 1. The fourth-order valence-electron chi connectivity index (χ4n) is 1.57. The Morgan fingerprint density at radius 2 is 1.85 bits per heavy atom. The second-order valence-corrected chi connectivity index (χ2v) is 5.92. The minimum atomic E-state index is -0.488. The highest BCUT2D eigenvalue weighted by Crippen LogP contribution is 2.32. The lowest BCUT2D eigenvalue weighted by molar-refractivity contribution is -0.126. The third-order valence-electron chi connectivity index (χ3n) is 2.71. The van der Waals surface area contributed by atoms with Crippen molar-refractivity contribution in [3.8, 4) is 11.5 Å². The van der Waals surface area contributed by atoms with Gasteiger partial charge < -0.3 is 20.1 Å². The summed E-state index contributed by atoms with van der Waals surface area (Å²) in [6.45, 7) is 6.57. The Labute approximate surface area is 123 Å². The summed E-state index contributed by atoms with van der Waals surface area (Å²) in [7, 11) is 0. The third kappa shape index (κ3) is 3.60. The van der Waals surface area contributed by atoms with Crippen molar-refractivity contribution in [2.24, 2.45) is 5.41 Å². The van der Waals surface area contributed by atoms with Gasteiger partial charge in [-0.3, -0.25) is 4.79 Å². The van der Waals surface area contributed by atoms with E-state index >= 15 is 0 Å². The van der Waals surface area contributed by atoms with Crippen LogP contribution in [0.2, 0.25) is 0 Å². The Morgan fingerprint density at radius 3 is 2.50 bits per heavy atom. The molecule has 0 aliphatic carbocycles. The molecule has 0 atom stereocenters. The number of carbonyl (C=O) groups is 1. The average Bonchev–Trinajstić information content (AvgIpc) is 2.37. The first-order chi connectivity index (χ1) is 9.36. The highest BCUT2D eigenvalue weighted by molar-refractivity contribution is 7.80. The van der Waals surface area contributed by atoms with Crippen molar-refractivity contribution in [2.45, 2.75) is 20.8 Å². The lowest BCUT2D eigenvalue weighted by Crippen LogP contribution is -2.41. The molecule has 0 saturated heterocycles. The zero-order valence-corrected chi connectivity index (χ0v) is 12.6. The van der Waals surface area contributed by atoms with Crippen LogP contribution in [0, 0.1) is 5.41 Å². The first-order valence-electron chi connectivity index (χ1n) is 6.38. The molecule has 1 heterocycles. The highest BCUT2D eigenvalue weighted by atomic mass is 32.1. The maximum atomic E-state index is 11.8. The van der Waals surface area contributed by atoms with Gasteiger partial charge in [0.1, 0.15) is 13.2 Å². The molecule has 0 unspecified atom stereocenters. The minimum Gasteiger partial charge on any atom is -0.486 e. The van der Waals surface area contributed by atoms with Crippen molar-refractivity contribution < 1.29 is 14.3 Å². The molecule has 2 N–H and O–H groups in total. The van der Waals surface area contributed by atoms with Gasteiger partial charge >= 0.3 is 0 Å². The lowest BCUT2D eigenvalue weighted by atomic mass is 9.96. The Kier molecular flexibility index (Phi) is 4.13. The number of fused-ring (bicyclic) bond motifs is 1. The van der Waals surface area contributed by atoms with Crippen molar-refractivity contribution >= 4 is 28.9 Å². The van der Waals surface area contributed by atoms with E-state index in [1.54, 1.807) is 6.07 Å². The highest BCUT2D eigenvalue weighted by Gasteiger charge is 2.22. The van der Waals surface area contributed by atoms with Gasteiger partial charge in [-0.2, -0.15) is 0 Å². The molecule has 1 aromatic carbocycles. The summed E-state index contributed by atoms with van der Waals surface area (Å²) in [6.07, 6.45) is 0. The van der Waals surface area contributed by atoms with Crippen LogP contribution >= 0.6 is 12.2 Å². The molecule has 6 heteroatoms. The molecule has 0 fully saturated rings. The Bertz CT molecular complexity index is 538. The molecule has 2 rings (SSSR count).